The van der Waals surface area contributed by atoms with Gasteiger partial charge in [0.25, 0.3) is 0 Å². The number of carbonyl (C=O) groups excluding carboxylic acids is 2. The highest BCUT2D eigenvalue weighted by Crippen LogP contribution is 2.43. The van der Waals surface area contributed by atoms with Gasteiger partial charge >= 0.3 is 27.6 Å². The van der Waals surface area contributed by atoms with Gasteiger partial charge in [0.15, 0.2) is 6.10 Å². The summed E-state index contributed by atoms with van der Waals surface area (Å²) in [5.74, 6) is -0.575. The van der Waals surface area contributed by atoms with Crippen LogP contribution in [0, 0.1) is 5.92 Å². The van der Waals surface area contributed by atoms with Crippen molar-refractivity contribution in [1.82, 2.24) is 0 Å². The maximum Gasteiger partial charge on any atom is 0.472 e. The second-order valence-corrected chi connectivity index (χ2v) is 16.8. The zero-order chi connectivity index (χ0) is 42.1. The Bertz CT molecular complexity index is 1230. The third kappa shape index (κ3) is 37.6. The minimum atomic E-state index is -4.89. The highest BCUT2D eigenvalue weighted by molar-refractivity contribution is 7.47. The lowest BCUT2D eigenvalue weighted by Crippen LogP contribution is -2.30. The van der Waals surface area contributed by atoms with E-state index in [1.54, 1.807) is 36.5 Å². The molecule has 0 aliphatic heterocycles. The van der Waals surface area contributed by atoms with Crippen LogP contribution in [0.5, 0.6) is 0 Å². The molecule has 0 rings (SSSR count). The molecule has 0 radical (unpaired) electrons. The van der Waals surface area contributed by atoms with E-state index >= 15 is 0 Å². The van der Waals surface area contributed by atoms with E-state index in [-0.39, 0.29) is 25.7 Å². The van der Waals surface area contributed by atoms with Gasteiger partial charge in [-0.15, -0.1) is 0 Å². The van der Waals surface area contributed by atoms with E-state index in [4.69, 9.17) is 23.8 Å². The van der Waals surface area contributed by atoms with E-state index in [0.717, 1.165) is 38.5 Å². The molecule has 0 aromatic heterocycles. The highest BCUT2D eigenvalue weighted by atomic mass is 31.2. The fourth-order valence-corrected chi connectivity index (χ4v) is 6.12. The molecule has 0 spiro atoms. The normalized spacial score (nSPS) is 15.9. The minimum Gasteiger partial charge on any atom is -0.462 e. The lowest BCUT2D eigenvalue weighted by molar-refractivity contribution is -0.161. The number of phosphoric ester groups is 2. The summed E-state index contributed by atoms with van der Waals surface area (Å²) in [6.45, 7) is 3.61. The first kappa shape index (κ1) is 54.0. The van der Waals surface area contributed by atoms with Gasteiger partial charge in [-0.05, 0) is 44.4 Å². The molecule has 15 nitrogen and oxygen atoms in total. The quantitative estimate of drug-likeness (QED) is 0.0119. The van der Waals surface area contributed by atoms with Crippen LogP contribution in [-0.2, 0) is 41.8 Å². The summed E-state index contributed by atoms with van der Waals surface area (Å²) in [7, 11) is -9.76. The molecule has 5 atom stereocenters. The topological polar surface area (TPSA) is 236 Å². The van der Waals surface area contributed by atoms with E-state index < -0.39 is 78.4 Å². The fraction of sp³-hybridized carbons (Fsp3) is 0.744. The van der Waals surface area contributed by atoms with Crippen molar-refractivity contribution in [3.05, 3.63) is 48.6 Å². The predicted molar refractivity (Wildman–Crippen MR) is 214 cm³/mol. The lowest BCUT2D eigenvalue weighted by Gasteiger charge is -2.20. The van der Waals surface area contributed by atoms with Crippen LogP contribution in [0.15, 0.2) is 48.6 Å². The van der Waals surface area contributed by atoms with Gasteiger partial charge in [-0.3, -0.25) is 23.2 Å². The number of allylic oxidation sites excluding steroid dienone is 5. The number of carbonyl (C=O) groups is 2. The van der Waals surface area contributed by atoms with Crippen LogP contribution < -0.4 is 0 Å². The number of aliphatic hydroxyl groups is 3. The van der Waals surface area contributed by atoms with E-state index in [1.807, 2.05) is 6.08 Å². The number of hydrogen-bond acceptors (Lipinski definition) is 12. The molecular weight excluding hydrogens is 770 g/mol. The van der Waals surface area contributed by atoms with Crippen LogP contribution >= 0.6 is 15.6 Å². The van der Waals surface area contributed by atoms with Crippen LogP contribution in [0.2, 0.25) is 0 Å². The number of phosphoric acid groups is 2. The van der Waals surface area contributed by atoms with Gasteiger partial charge in [0.05, 0.1) is 32.0 Å². The Morgan fingerprint density at radius 3 is 1.86 bits per heavy atom. The standard InChI is InChI=1S/C39H70O15P2/c1-4-5-6-7-12-17-23-34(40)24-18-14-15-19-25-35(41)26-21-28-39(44)54-37(32-53-56(48,49)52-30-36(42)29-51-55(45,46)47)31-50-38(43)27-20-13-10-8-9-11-16-22-33(2)3/h12,14-15,17-19,24-25,33-37,40-42H,4-11,13,16,20-23,26-32H2,1-3H3,(H,48,49)(H2,45,46,47)/b15-14+,17-12-,24-18+,25-19-/t34-,35-,36-,37+/m0/s1. The summed E-state index contributed by atoms with van der Waals surface area (Å²) in [5.41, 5.74) is 0. The summed E-state index contributed by atoms with van der Waals surface area (Å²) in [4.78, 5) is 52.5. The molecule has 0 saturated heterocycles. The number of rotatable bonds is 36. The number of unbranched alkanes of at least 4 members (excludes halogenated alkanes) is 9. The van der Waals surface area contributed by atoms with Gasteiger partial charge in [0.1, 0.15) is 12.7 Å². The van der Waals surface area contributed by atoms with Crippen molar-refractivity contribution in [3.8, 4) is 0 Å². The summed E-state index contributed by atoms with van der Waals surface area (Å²) >= 11 is 0. The maximum atomic E-state index is 12.6. The fourth-order valence-electron chi connectivity index (χ4n) is 4.96. The molecule has 0 aliphatic carbocycles. The van der Waals surface area contributed by atoms with Crippen molar-refractivity contribution in [2.24, 2.45) is 5.92 Å². The first-order chi connectivity index (χ1) is 26.5. The summed E-state index contributed by atoms with van der Waals surface area (Å²) in [6, 6.07) is 0. The summed E-state index contributed by atoms with van der Waals surface area (Å²) < 4.78 is 47.4. The lowest BCUT2D eigenvalue weighted by atomic mass is 10.0. The minimum absolute atomic E-state index is 0.130. The molecule has 56 heavy (non-hydrogen) atoms. The average molecular weight is 841 g/mol. The SMILES string of the molecule is CCCCC/C=C\C[C@H](O)/C=C/C=C/C=C\[C@H](O)CCCC(=O)O[C@H](COC(=O)CCCCCCCCCC(C)C)COP(=O)(O)OC[C@@H](O)COP(=O)(O)O. The zero-order valence-electron chi connectivity index (χ0n) is 33.6. The number of esters is 2. The van der Waals surface area contributed by atoms with Crippen molar-refractivity contribution in [2.75, 3.05) is 26.4 Å². The van der Waals surface area contributed by atoms with Crippen LogP contribution in [-0.4, -0.2) is 92.8 Å². The van der Waals surface area contributed by atoms with Crippen molar-refractivity contribution in [2.45, 2.75) is 154 Å². The van der Waals surface area contributed by atoms with Gasteiger partial charge in [-0.1, -0.05) is 127 Å². The Kier molecular flexibility index (Phi) is 32.7. The van der Waals surface area contributed by atoms with Gasteiger partial charge in [-0.2, -0.15) is 0 Å². The van der Waals surface area contributed by atoms with Gasteiger partial charge in [0, 0.05) is 12.8 Å². The molecule has 0 aromatic carbocycles. The summed E-state index contributed by atoms with van der Waals surface area (Å²) in [5, 5.41) is 30.0. The number of hydrogen-bond donors (Lipinski definition) is 6. The van der Waals surface area contributed by atoms with E-state index in [2.05, 4.69) is 35.9 Å². The smallest absolute Gasteiger partial charge is 0.462 e. The van der Waals surface area contributed by atoms with Crippen LogP contribution in [0.4, 0.5) is 0 Å². The number of ether oxygens (including phenoxy) is 2. The third-order valence-corrected chi connectivity index (χ3v) is 9.51. The maximum absolute atomic E-state index is 12.6. The Labute approximate surface area is 334 Å². The Morgan fingerprint density at radius 1 is 0.625 bits per heavy atom. The van der Waals surface area contributed by atoms with E-state index in [1.165, 1.54) is 32.1 Å². The van der Waals surface area contributed by atoms with Gasteiger partial charge in [0.2, 0.25) is 0 Å². The Morgan fingerprint density at radius 2 is 1.21 bits per heavy atom. The molecule has 1 unspecified atom stereocenters. The molecule has 0 bridgehead atoms. The predicted octanol–water partition coefficient (Wildman–Crippen LogP) is 7.30. The van der Waals surface area contributed by atoms with Gasteiger partial charge in [-0.25, -0.2) is 9.13 Å². The molecule has 6 N–H and O–H groups in total. The Hall–Kier alpha value is -2.00. The first-order valence-corrected chi connectivity index (χ1v) is 22.9. The van der Waals surface area contributed by atoms with Crippen molar-refractivity contribution < 1.29 is 71.8 Å². The molecule has 17 heteroatoms. The van der Waals surface area contributed by atoms with Gasteiger partial charge < -0.3 is 39.5 Å². The average Bonchev–Trinajstić information content (AvgIpc) is 3.12. The molecule has 0 heterocycles. The molecule has 326 valence electrons. The zero-order valence-corrected chi connectivity index (χ0v) is 35.4. The van der Waals surface area contributed by atoms with Crippen LogP contribution in [0.25, 0.3) is 0 Å². The summed E-state index contributed by atoms with van der Waals surface area (Å²) in [6.07, 6.45) is 23.5. The van der Waals surface area contributed by atoms with Crippen molar-refractivity contribution in [3.63, 3.8) is 0 Å². The monoisotopic (exact) mass is 840 g/mol. The van der Waals surface area contributed by atoms with Crippen molar-refractivity contribution >= 4 is 27.6 Å². The molecule has 0 amide bonds. The molecule has 0 aliphatic rings. The number of aliphatic hydroxyl groups excluding tert-OH is 3. The Balaban J connectivity index is 4.85. The van der Waals surface area contributed by atoms with Crippen molar-refractivity contribution in [1.29, 1.82) is 0 Å². The van der Waals surface area contributed by atoms with E-state index in [9.17, 15) is 38.9 Å². The largest absolute Gasteiger partial charge is 0.472 e. The van der Waals surface area contributed by atoms with Crippen LogP contribution in [0.1, 0.15) is 130 Å². The third-order valence-electron chi connectivity index (χ3n) is 8.08. The molecule has 0 fully saturated rings. The molecular formula is C39H70O15P2. The van der Waals surface area contributed by atoms with E-state index in [0.29, 0.717) is 18.8 Å². The molecule has 0 aromatic rings. The second kappa shape index (κ2) is 33.9. The first-order valence-electron chi connectivity index (χ1n) is 19.9. The molecule has 0 saturated carbocycles. The van der Waals surface area contributed by atoms with Crippen LogP contribution in [0.3, 0.4) is 0 Å². The second-order valence-electron chi connectivity index (χ2n) is 14.1. The highest BCUT2D eigenvalue weighted by Gasteiger charge is 2.28.